The summed E-state index contributed by atoms with van der Waals surface area (Å²) in [5.41, 5.74) is 14.6. The highest BCUT2D eigenvalue weighted by Gasteiger charge is 2.17. The molecule has 0 aliphatic heterocycles. The molecule has 5 rings (SSSR count). The molecule has 0 fully saturated rings. The quantitative estimate of drug-likeness (QED) is 0.138. The topological polar surface area (TPSA) is 3.24 Å². The summed E-state index contributed by atoms with van der Waals surface area (Å²) in [4.78, 5) is 2.38. The van der Waals surface area contributed by atoms with Gasteiger partial charge in [0.05, 0.1) is 5.69 Å². The first-order valence-corrected chi connectivity index (χ1v) is 14.6. The predicted octanol–water partition coefficient (Wildman–Crippen LogP) is 11.6. The van der Waals surface area contributed by atoms with E-state index in [1.165, 1.54) is 55.8 Å². The smallest absolute Gasteiger partial charge is 0.0520 e. The van der Waals surface area contributed by atoms with Crippen molar-refractivity contribution in [2.75, 3.05) is 4.90 Å². The monoisotopic (exact) mass is 545 g/mol. The zero-order chi connectivity index (χ0) is 29.5. The van der Waals surface area contributed by atoms with Gasteiger partial charge in [0.25, 0.3) is 0 Å². The summed E-state index contributed by atoms with van der Waals surface area (Å²) in [5.74, 6) is 0. The van der Waals surface area contributed by atoms with Crippen LogP contribution in [0.1, 0.15) is 50.1 Å². The minimum absolute atomic E-state index is 1.14. The Morgan fingerprint density at radius 1 is 0.381 bits per heavy atom. The van der Waals surface area contributed by atoms with Gasteiger partial charge in [-0.05, 0) is 92.3 Å². The Hall–Kier alpha value is -4.88. The molecule has 5 aromatic carbocycles. The molecule has 42 heavy (non-hydrogen) atoms. The number of nitrogens with zero attached hydrogens (tertiary/aromatic N) is 1. The predicted molar refractivity (Wildman–Crippen MR) is 185 cm³/mol. The number of benzene rings is 5. The van der Waals surface area contributed by atoms with Crippen LogP contribution < -0.4 is 4.90 Å². The molecular weight excluding hydrogens is 506 g/mol. The number of rotatable bonds is 8. The molecule has 0 aliphatic carbocycles. The van der Waals surface area contributed by atoms with Crippen LogP contribution in [0.25, 0.3) is 24.3 Å². The Morgan fingerprint density at radius 3 is 1.10 bits per heavy atom. The van der Waals surface area contributed by atoms with Gasteiger partial charge in [-0.2, -0.15) is 0 Å². The lowest BCUT2D eigenvalue weighted by Crippen LogP contribution is -2.13. The Bertz CT molecular complexity index is 1690. The Balaban J connectivity index is 1.41. The molecule has 0 spiro atoms. The molecule has 1 nitrogen and oxygen atoms in total. The number of allylic oxidation sites excluding steroid dienone is 2. The molecule has 0 bridgehead atoms. The molecular formula is C41H39N. The Kier molecular flexibility index (Phi) is 8.99. The van der Waals surface area contributed by atoms with Crippen molar-refractivity contribution in [2.45, 2.75) is 34.6 Å². The van der Waals surface area contributed by atoms with E-state index in [-0.39, 0.29) is 0 Å². The average molecular weight is 546 g/mol. The number of aryl methyl sites for hydroxylation is 5. The molecule has 0 saturated heterocycles. The van der Waals surface area contributed by atoms with Gasteiger partial charge in [-0.15, -0.1) is 0 Å². The molecule has 0 aromatic heterocycles. The van der Waals surface area contributed by atoms with Crippen LogP contribution in [0.4, 0.5) is 17.1 Å². The summed E-state index contributed by atoms with van der Waals surface area (Å²) in [6, 6.07) is 39.4. The summed E-state index contributed by atoms with van der Waals surface area (Å²) in [6.07, 6.45) is 12.8. The van der Waals surface area contributed by atoms with E-state index in [1.54, 1.807) is 0 Å². The molecule has 0 N–H and O–H groups in total. The van der Waals surface area contributed by atoms with Gasteiger partial charge in [-0.1, -0.05) is 138 Å². The van der Waals surface area contributed by atoms with Gasteiger partial charge >= 0.3 is 0 Å². The van der Waals surface area contributed by atoms with Gasteiger partial charge in [-0.25, -0.2) is 0 Å². The minimum atomic E-state index is 1.14. The molecule has 0 saturated carbocycles. The van der Waals surface area contributed by atoms with Gasteiger partial charge in [0.15, 0.2) is 0 Å². The summed E-state index contributed by atoms with van der Waals surface area (Å²) >= 11 is 0. The highest BCUT2D eigenvalue weighted by Crippen LogP contribution is 2.39. The second-order valence-corrected chi connectivity index (χ2v) is 11.1. The third-order valence-corrected chi connectivity index (χ3v) is 7.47. The summed E-state index contributed by atoms with van der Waals surface area (Å²) in [7, 11) is 0. The van der Waals surface area contributed by atoms with E-state index in [9.17, 15) is 0 Å². The van der Waals surface area contributed by atoms with E-state index in [0.29, 0.717) is 0 Å². The molecule has 0 radical (unpaired) electrons. The molecule has 0 heterocycles. The largest absolute Gasteiger partial charge is 0.310 e. The van der Waals surface area contributed by atoms with Crippen molar-refractivity contribution in [3.63, 3.8) is 0 Å². The first-order valence-electron chi connectivity index (χ1n) is 14.6. The maximum Gasteiger partial charge on any atom is 0.0520 e. The molecule has 0 amide bonds. The first-order chi connectivity index (χ1) is 20.4. The van der Waals surface area contributed by atoms with Gasteiger partial charge in [0.1, 0.15) is 0 Å². The van der Waals surface area contributed by atoms with Gasteiger partial charge < -0.3 is 4.90 Å². The fraction of sp³-hybridized carbons (Fsp3) is 0.122. The number of anilines is 3. The van der Waals surface area contributed by atoms with Crippen LogP contribution in [-0.4, -0.2) is 0 Å². The zero-order valence-electron chi connectivity index (χ0n) is 25.3. The van der Waals surface area contributed by atoms with Crippen LogP contribution in [0.2, 0.25) is 0 Å². The van der Waals surface area contributed by atoms with Gasteiger partial charge in [0, 0.05) is 11.4 Å². The van der Waals surface area contributed by atoms with Gasteiger partial charge in [0.2, 0.25) is 0 Å². The van der Waals surface area contributed by atoms with Crippen LogP contribution in [0, 0.1) is 34.6 Å². The number of hydrogen-bond acceptors (Lipinski definition) is 1. The lowest BCUT2D eigenvalue weighted by molar-refractivity contribution is 1.20. The van der Waals surface area contributed by atoms with Crippen LogP contribution in [0.5, 0.6) is 0 Å². The highest BCUT2D eigenvalue weighted by atomic mass is 15.1. The SMILES string of the molecule is Cc1ccc(/C=C/C=C/c2ccc(N(c3ccc(/C=C/c4ccc(C)cc4)cc3)c3c(C)cc(C)cc3C)cc2)cc1. The average Bonchev–Trinajstić information content (AvgIpc) is 2.98. The van der Waals surface area contributed by atoms with E-state index in [2.05, 4.69) is 185 Å². The summed E-state index contributed by atoms with van der Waals surface area (Å²) < 4.78 is 0. The summed E-state index contributed by atoms with van der Waals surface area (Å²) in [6.45, 7) is 10.8. The van der Waals surface area contributed by atoms with Crippen LogP contribution in [0.15, 0.2) is 121 Å². The van der Waals surface area contributed by atoms with Crippen molar-refractivity contribution in [1.82, 2.24) is 0 Å². The van der Waals surface area contributed by atoms with Crippen molar-refractivity contribution in [1.29, 1.82) is 0 Å². The zero-order valence-corrected chi connectivity index (χ0v) is 25.3. The standard InChI is InChI=1S/C41H39N/c1-30-10-14-35(15-11-30)8-6-7-9-36-20-24-39(25-21-36)42(41-33(4)28-32(3)29-34(41)5)40-26-22-38(23-27-40)19-18-37-16-12-31(2)13-17-37/h6-29H,1-5H3/b8-6+,9-7+,19-18+. The fourth-order valence-electron chi connectivity index (χ4n) is 5.28. The highest BCUT2D eigenvalue weighted by molar-refractivity contribution is 5.82. The number of hydrogen-bond donors (Lipinski definition) is 0. The lowest BCUT2D eigenvalue weighted by atomic mass is 10.0. The second kappa shape index (κ2) is 13.2. The van der Waals surface area contributed by atoms with Crippen LogP contribution >= 0.6 is 0 Å². The van der Waals surface area contributed by atoms with Crippen molar-refractivity contribution in [3.05, 3.63) is 171 Å². The van der Waals surface area contributed by atoms with E-state index in [1.807, 2.05) is 0 Å². The fourth-order valence-corrected chi connectivity index (χ4v) is 5.28. The van der Waals surface area contributed by atoms with Crippen molar-refractivity contribution < 1.29 is 0 Å². The van der Waals surface area contributed by atoms with Gasteiger partial charge in [-0.3, -0.25) is 0 Å². The maximum absolute atomic E-state index is 2.38. The lowest BCUT2D eigenvalue weighted by Gasteiger charge is -2.29. The third kappa shape index (κ3) is 7.25. The van der Waals surface area contributed by atoms with Crippen LogP contribution in [-0.2, 0) is 0 Å². The molecule has 1 heteroatoms. The third-order valence-electron chi connectivity index (χ3n) is 7.47. The van der Waals surface area contributed by atoms with Crippen molar-refractivity contribution >= 4 is 41.4 Å². The molecule has 0 atom stereocenters. The molecule has 5 aromatic rings. The normalized spacial score (nSPS) is 11.6. The first kappa shape index (κ1) is 28.6. The molecule has 0 aliphatic rings. The Labute approximate surface area is 251 Å². The maximum atomic E-state index is 2.38. The van der Waals surface area contributed by atoms with E-state index in [4.69, 9.17) is 0 Å². The summed E-state index contributed by atoms with van der Waals surface area (Å²) in [5, 5.41) is 0. The van der Waals surface area contributed by atoms with Crippen LogP contribution in [0.3, 0.4) is 0 Å². The Morgan fingerprint density at radius 2 is 0.714 bits per heavy atom. The second-order valence-electron chi connectivity index (χ2n) is 11.1. The van der Waals surface area contributed by atoms with Crippen molar-refractivity contribution in [3.8, 4) is 0 Å². The molecule has 0 unspecified atom stereocenters. The van der Waals surface area contributed by atoms with E-state index >= 15 is 0 Å². The van der Waals surface area contributed by atoms with E-state index < -0.39 is 0 Å². The van der Waals surface area contributed by atoms with Crippen molar-refractivity contribution in [2.24, 2.45) is 0 Å². The van der Waals surface area contributed by atoms with E-state index in [0.717, 1.165) is 11.4 Å². The molecule has 208 valence electrons. The minimum Gasteiger partial charge on any atom is -0.310 e.